The summed E-state index contributed by atoms with van der Waals surface area (Å²) in [6.07, 6.45) is 4.40. The van der Waals surface area contributed by atoms with Gasteiger partial charge in [0.05, 0.1) is 10.7 Å². The van der Waals surface area contributed by atoms with Crippen molar-refractivity contribution in [2.45, 2.75) is 6.92 Å². The summed E-state index contributed by atoms with van der Waals surface area (Å²) in [7, 11) is 0. The van der Waals surface area contributed by atoms with Gasteiger partial charge >= 0.3 is 0 Å². The number of rotatable bonds is 4. The molecule has 0 atom stereocenters. The number of hydrogen-bond donors (Lipinski definition) is 1. The molecular formula is C15H12N4O2S. The molecule has 0 saturated heterocycles. The van der Waals surface area contributed by atoms with Gasteiger partial charge in [0.25, 0.3) is 0 Å². The maximum Gasteiger partial charge on any atom is 0.248 e. The monoisotopic (exact) mass is 312 g/mol. The minimum Gasteiger partial charge on any atom is -0.423 e. The fourth-order valence-corrected chi connectivity index (χ4v) is 2.41. The SMILES string of the molecule is Cc1nc(/C=C/C(=O)Nc2cccc(-c3nnco3)c2)cs1. The zero-order valence-corrected chi connectivity index (χ0v) is 12.5. The average molecular weight is 312 g/mol. The van der Waals surface area contributed by atoms with Gasteiger partial charge in [0.2, 0.25) is 18.2 Å². The van der Waals surface area contributed by atoms with Crippen molar-refractivity contribution in [1.29, 1.82) is 0 Å². The van der Waals surface area contributed by atoms with Crippen LogP contribution < -0.4 is 5.32 Å². The molecule has 1 amide bonds. The molecular weight excluding hydrogens is 300 g/mol. The smallest absolute Gasteiger partial charge is 0.248 e. The van der Waals surface area contributed by atoms with Gasteiger partial charge in [-0.05, 0) is 31.2 Å². The number of hydrogen-bond acceptors (Lipinski definition) is 6. The fourth-order valence-electron chi connectivity index (χ4n) is 1.83. The standard InChI is InChI=1S/C15H12N4O2S/c1-10-17-13(8-22-10)5-6-14(20)18-12-4-2-3-11(7-12)15-19-16-9-21-15/h2-9H,1H3,(H,18,20)/b6-5+. The fraction of sp³-hybridized carbons (Fsp3) is 0.0667. The third-order valence-electron chi connectivity index (χ3n) is 2.78. The van der Waals surface area contributed by atoms with Crippen molar-refractivity contribution in [2.24, 2.45) is 0 Å². The van der Waals surface area contributed by atoms with Crippen LogP contribution in [0.5, 0.6) is 0 Å². The van der Waals surface area contributed by atoms with E-state index in [4.69, 9.17) is 4.42 Å². The van der Waals surface area contributed by atoms with E-state index in [0.29, 0.717) is 11.6 Å². The van der Waals surface area contributed by atoms with Crippen molar-refractivity contribution in [3.63, 3.8) is 0 Å². The molecule has 0 unspecified atom stereocenters. The lowest BCUT2D eigenvalue weighted by Gasteiger charge is -2.03. The summed E-state index contributed by atoms with van der Waals surface area (Å²) in [6.45, 7) is 1.92. The molecule has 6 nitrogen and oxygen atoms in total. The van der Waals surface area contributed by atoms with Gasteiger partial charge < -0.3 is 9.73 Å². The molecule has 1 aromatic carbocycles. The first kappa shape index (κ1) is 14.2. The van der Waals surface area contributed by atoms with E-state index in [-0.39, 0.29) is 5.91 Å². The normalized spacial score (nSPS) is 11.0. The van der Waals surface area contributed by atoms with Gasteiger partial charge in [0, 0.05) is 22.7 Å². The number of carbonyl (C=O) groups is 1. The highest BCUT2D eigenvalue weighted by Gasteiger charge is 2.05. The van der Waals surface area contributed by atoms with Gasteiger partial charge in [-0.2, -0.15) is 0 Å². The molecule has 22 heavy (non-hydrogen) atoms. The van der Waals surface area contributed by atoms with Crippen molar-refractivity contribution in [3.8, 4) is 11.5 Å². The predicted molar refractivity (Wildman–Crippen MR) is 84.2 cm³/mol. The van der Waals surface area contributed by atoms with Gasteiger partial charge in [0.15, 0.2) is 0 Å². The summed E-state index contributed by atoms with van der Waals surface area (Å²) in [5.74, 6) is 0.179. The molecule has 7 heteroatoms. The van der Waals surface area contributed by atoms with Crippen LogP contribution in [0, 0.1) is 6.92 Å². The van der Waals surface area contributed by atoms with Crippen LogP contribution in [0.3, 0.4) is 0 Å². The van der Waals surface area contributed by atoms with Crippen LogP contribution in [0.2, 0.25) is 0 Å². The first-order chi connectivity index (χ1) is 10.7. The molecule has 2 aromatic heterocycles. The number of amides is 1. The minimum absolute atomic E-state index is 0.228. The molecule has 0 aliphatic carbocycles. The number of carbonyl (C=O) groups excluding carboxylic acids is 1. The Morgan fingerprint density at radius 1 is 1.41 bits per heavy atom. The summed E-state index contributed by atoms with van der Waals surface area (Å²) >= 11 is 1.54. The van der Waals surface area contributed by atoms with Crippen LogP contribution in [0.25, 0.3) is 17.5 Å². The molecule has 1 N–H and O–H groups in total. The maximum absolute atomic E-state index is 11.9. The molecule has 3 rings (SSSR count). The van der Waals surface area contributed by atoms with Gasteiger partial charge in [0.1, 0.15) is 0 Å². The summed E-state index contributed by atoms with van der Waals surface area (Å²) < 4.78 is 5.13. The summed E-state index contributed by atoms with van der Waals surface area (Å²) in [5, 5.41) is 13.1. The molecule has 0 spiro atoms. The number of aryl methyl sites for hydroxylation is 1. The lowest BCUT2D eigenvalue weighted by molar-refractivity contribution is -0.111. The predicted octanol–water partition coefficient (Wildman–Crippen LogP) is 3.15. The molecule has 0 radical (unpaired) electrons. The number of thiazole rings is 1. The highest BCUT2D eigenvalue weighted by molar-refractivity contribution is 7.09. The van der Waals surface area contributed by atoms with Gasteiger partial charge in [-0.15, -0.1) is 21.5 Å². The zero-order chi connectivity index (χ0) is 15.4. The Labute approximate surface area is 130 Å². The highest BCUT2D eigenvalue weighted by Crippen LogP contribution is 2.20. The van der Waals surface area contributed by atoms with Crippen molar-refractivity contribution in [3.05, 3.63) is 52.8 Å². The van der Waals surface area contributed by atoms with Crippen LogP contribution in [0.1, 0.15) is 10.7 Å². The van der Waals surface area contributed by atoms with Crippen molar-refractivity contribution >= 4 is 29.0 Å². The molecule has 0 aliphatic rings. The second-order valence-electron chi connectivity index (χ2n) is 4.44. The van der Waals surface area contributed by atoms with Crippen molar-refractivity contribution < 1.29 is 9.21 Å². The molecule has 0 fully saturated rings. The first-order valence-electron chi connectivity index (χ1n) is 6.48. The highest BCUT2D eigenvalue weighted by atomic mass is 32.1. The van der Waals surface area contributed by atoms with Crippen LogP contribution >= 0.6 is 11.3 Å². The number of benzene rings is 1. The van der Waals surface area contributed by atoms with Crippen molar-refractivity contribution in [1.82, 2.24) is 15.2 Å². The van der Waals surface area contributed by atoms with Gasteiger partial charge in [-0.1, -0.05) is 6.07 Å². The molecule has 3 aromatic rings. The third-order valence-corrected chi connectivity index (χ3v) is 3.57. The molecule has 110 valence electrons. The number of nitrogens with one attached hydrogen (secondary N) is 1. The quantitative estimate of drug-likeness (QED) is 0.748. The van der Waals surface area contributed by atoms with Crippen LogP contribution in [-0.4, -0.2) is 21.1 Å². The number of aromatic nitrogens is 3. The van der Waals surface area contributed by atoms with E-state index in [9.17, 15) is 4.79 Å². The van der Waals surface area contributed by atoms with E-state index in [1.54, 1.807) is 29.5 Å². The topological polar surface area (TPSA) is 80.9 Å². The Balaban J connectivity index is 1.69. The summed E-state index contributed by atoms with van der Waals surface area (Å²) in [5.41, 5.74) is 2.17. The van der Waals surface area contributed by atoms with E-state index < -0.39 is 0 Å². The Morgan fingerprint density at radius 2 is 2.32 bits per heavy atom. The minimum atomic E-state index is -0.228. The Kier molecular flexibility index (Phi) is 4.06. The van der Waals surface area contributed by atoms with E-state index in [1.165, 1.54) is 12.5 Å². The largest absolute Gasteiger partial charge is 0.423 e. The summed E-state index contributed by atoms with van der Waals surface area (Å²) in [6, 6.07) is 7.20. The van der Waals surface area contributed by atoms with E-state index in [0.717, 1.165) is 16.3 Å². The summed E-state index contributed by atoms with van der Waals surface area (Å²) in [4.78, 5) is 16.2. The van der Waals surface area contributed by atoms with Gasteiger partial charge in [-0.3, -0.25) is 4.79 Å². The average Bonchev–Trinajstić information content (AvgIpc) is 3.17. The van der Waals surface area contributed by atoms with E-state index in [1.807, 2.05) is 24.4 Å². The first-order valence-corrected chi connectivity index (χ1v) is 7.36. The number of anilines is 1. The van der Waals surface area contributed by atoms with E-state index in [2.05, 4.69) is 20.5 Å². The van der Waals surface area contributed by atoms with Crippen LogP contribution in [-0.2, 0) is 4.79 Å². The Hall–Kier alpha value is -2.80. The second-order valence-corrected chi connectivity index (χ2v) is 5.50. The Morgan fingerprint density at radius 3 is 3.05 bits per heavy atom. The maximum atomic E-state index is 11.9. The lowest BCUT2D eigenvalue weighted by Crippen LogP contribution is -2.07. The molecule has 2 heterocycles. The van der Waals surface area contributed by atoms with Gasteiger partial charge in [-0.25, -0.2) is 4.98 Å². The van der Waals surface area contributed by atoms with Crippen LogP contribution in [0.4, 0.5) is 5.69 Å². The third kappa shape index (κ3) is 3.44. The second kappa shape index (κ2) is 6.31. The van der Waals surface area contributed by atoms with Crippen LogP contribution in [0.15, 0.2) is 46.5 Å². The lowest BCUT2D eigenvalue weighted by atomic mass is 10.2. The molecule has 0 bridgehead atoms. The Bertz CT molecular complexity index is 809. The van der Waals surface area contributed by atoms with E-state index >= 15 is 0 Å². The van der Waals surface area contributed by atoms with Crippen molar-refractivity contribution in [2.75, 3.05) is 5.32 Å². The molecule has 0 saturated carbocycles. The number of nitrogens with zero attached hydrogens (tertiary/aromatic N) is 3. The molecule has 0 aliphatic heterocycles. The zero-order valence-electron chi connectivity index (χ0n) is 11.7.